The maximum Gasteiger partial charge on any atom is 0.165 e. The second kappa shape index (κ2) is 7.19. The molecule has 1 aromatic carbocycles. The van der Waals surface area contributed by atoms with Crippen LogP contribution in [0.2, 0.25) is 0 Å². The van der Waals surface area contributed by atoms with Gasteiger partial charge in [-0.05, 0) is 17.7 Å². The number of rotatable bonds is 4. The minimum atomic E-state index is 0.323. The van der Waals surface area contributed by atoms with Gasteiger partial charge in [0.05, 0.1) is 11.6 Å². The van der Waals surface area contributed by atoms with Crippen LogP contribution in [0.25, 0.3) is 0 Å². The molecule has 0 radical (unpaired) electrons. The molecule has 0 aliphatic carbocycles. The zero-order valence-corrected chi connectivity index (χ0v) is 15.0. The van der Waals surface area contributed by atoms with E-state index in [0.29, 0.717) is 12.2 Å². The molecule has 128 valence electrons. The number of epoxide rings is 1. The molecule has 5 heteroatoms. The predicted octanol–water partition coefficient (Wildman–Crippen LogP) is 2.90. The van der Waals surface area contributed by atoms with Crippen molar-refractivity contribution in [2.75, 3.05) is 39.0 Å². The van der Waals surface area contributed by atoms with Crippen LogP contribution < -0.4 is 4.74 Å². The lowest BCUT2D eigenvalue weighted by Crippen LogP contribution is -2.33. The van der Waals surface area contributed by atoms with E-state index in [2.05, 4.69) is 53.1 Å². The fourth-order valence-electron chi connectivity index (χ4n) is 3.19. The van der Waals surface area contributed by atoms with Crippen LogP contribution in [0.3, 0.4) is 0 Å². The van der Waals surface area contributed by atoms with Crippen molar-refractivity contribution in [3.8, 4) is 5.75 Å². The van der Waals surface area contributed by atoms with E-state index < -0.39 is 0 Å². The van der Waals surface area contributed by atoms with E-state index in [4.69, 9.17) is 9.47 Å². The zero-order chi connectivity index (χ0) is 16.4. The first kappa shape index (κ1) is 16.0. The largest absolute Gasteiger partial charge is 0.490 e. The topological polar surface area (TPSA) is 28.0 Å². The third-order valence-electron chi connectivity index (χ3n) is 4.85. The van der Waals surface area contributed by atoms with Gasteiger partial charge in [0.1, 0.15) is 31.0 Å². The summed E-state index contributed by atoms with van der Waals surface area (Å²) in [4.78, 5) is 2.33. The molecule has 3 aliphatic rings. The predicted molar refractivity (Wildman–Crippen MR) is 98.0 cm³/mol. The molecule has 1 atom stereocenters. The Morgan fingerprint density at radius 2 is 2.00 bits per heavy atom. The molecule has 0 N–H and O–H groups in total. The fraction of sp³-hybridized carbons (Fsp3) is 0.526. The minimum Gasteiger partial charge on any atom is -0.490 e. The van der Waals surface area contributed by atoms with Crippen molar-refractivity contribution in [3.05, 3.63) is 40.9 Å². The summed E-state index contributed by atoms with van der Waals surface area (Å²) in [6.45, 7) is 4.15. The third kappa shape index (κ3) is 3.95. The number of piperidine rings is 1. The zero-order valence-electron chi connectivity index (χ0n) is 14.2. The summed E-state index contributed by atoms with van der Waals surface area (Å²) in [5.41, 5.74) is 1.26. The van der Waals surface area contributed by atoms with Crippen molar-refractivity contribution < 1.29 is 14.0 Å². The molecule has 3 aliphatic heterocycles. The second-order valence-corrected chi connectivity index (χ2v) is 7.78. The number of ether oxygens (including phenoxy) is 2. The Morgan fingerprint density at radius 1 is 1.25 bits per heavy atom. The maximum absolute atomic E-state index is 6.14. The van der Waals surface area contributed by atoms with Gasteiger partial charge in [-0.15, -0.1) is 11.8 Å². The highest BCUT2D eigenvalue weighted by Crippen LogP contribution is 2.31. The van der Waals surface area contributed by atoms with Crippen LogP contribution in [0.5, 0.6) is 5.75 Å². The highest BCUT2D eigenvalue weighted by atomic mass is 32.2. The van der Waals surface area contributed by atoms with Gasteiger partial charge in [-0.2, -0.15) is 0 Å². The first-order valence-electron chi connectivity index (χ1n) is 8.79. The number of allylic oxidation sites excluding steroid dienone is 1. The highest BCUT2D eigenvalue weighted by molar-refractivity contribution is 8.03. The van der Waals surface area contributed by atoms with E-state index in [-0.39, 0.29) is 0 Å². The first-order valence-corrected chi connectivity index (χ1v) is 9.78. The number of thioether (sulfide) groups is 1. The van der Waals surface area contributed by atoms with Crippen LogP contribution in [-0.4, -0.2) is 60.8 Å². The number of nitrogens with zero attached hydrogens (tertiary/aromatic N) is 2. The molecule has 4 rings (SSSR count). The average Bonchev–Trinajstić information content (AvgIpc) is 3.38. The van der Waals surface area contributed by atoms with Crippen LogP contribution in [0.1, 0.15) is 24.5 Å². The van der Waals surface area contributed by atoms with Crippen molar-refractivity contribution in [3.63, 3.8) is 0 Å². The summed E-state index contributed by atoms with van der Waals surface area (Å²) >= 11 is 1.94. The van der Waals surface area contributed by atoms with Crippen LogP contribution in [0.4, 0.5) is 0 Å². The number of hydrogen-bond donors (Lipinski definition) is 0. The van der Waals surface area contributed by atoms with E-state index in [1.807, 2.05) is 11.8 Å². The maximum atomic E-state index is 6.14. The molecule has 24 heavy (non-hydrogen) atoms. The fourth-order valence-corrected chi connectivity index (χ4v) is 4.23. The molecule has 3 heterocycles. The van der Waals surface area contributed by atoms with Crippen LogP contribution in [0.15, 0.2) is 35.4 Å². The Morgan fingerprint density at radius 3 is 2.62 bits per heavy atom. The molecule has 4 nitrogen and oxygen atoms in total. The average molecular weight is 345 g/mol. The Kier molecular flexibility index (Phi) is 4.81. The van der Waals surface area contributed by atoms with Crippen molar-refractivity contribution in [1.82, 2.24) is 4.90 Å². The molecule has 0 aromatic heterocycles. The minimum absolute atomic E-state index is 0.323. The van der Waals surface area contributed by atoms with Crippen molar-refractivity contribution in [1.29, 1.82) is 0 Å². The lowest BCUT2D eigenvalue weighted by atomic mass is 10.1. The van der Waals surface area contributed by atoms with Gasteiger partial charge in [-0.25, -0.2) is 4.58 Å². The summed E-state index contributed by atoms with van der Waals surface area (Å²) in [5, 5.41) is 1.38. The van der Waals surface area contributed by atoms with Crippen molar-refractivity contribution in [2.45, 2.75) is 25.0 Å². The summed E-state index contributed by atoms with van der Waals surface area (Å²) in [6, 6.07) is 8.40. The van der Waals surface area contributed by atoms with E-state index in [1.165, 1.54) is 16.3 Å². The van der Waals surface area contributed by atoms with Crippen molar-refractivity contribution in [2.24, 2.45) is 0 Å². The van der Waals surface area contributed by atoms with Gasteiger partial charge in [0, 0.05) is 38.3 Å². The van der Waals surface area contributed by atoms with Crippen LogP contribution in [-0.2, 0) is 4.74 Å². The normalized spacial score (nSPS) is 28.3. The van der Waals surface area contributed by atoms with Gasteiger partial charge in [0.15, 0.2) is 6.21 Å². The number of hydrogen-bond acceptors (Lipinski definition) is 4. The molecule has 0 spiro atoms. The van der Waals surface area contributed by atoms with Gasteiger partial charge in [0.25, 0.3) is 0 Å². The van der Waals surface area contributed by atoms with Crippen LogP contribution in [0, 0.1) is 0 Å². The monoisotopic (exact) mass is 345 g/mol. The van der Waals surface area contributed by atoms with E-state index >= 15 is 0 Å². The van der Waals surface area contributed by atoms with Gasteiger partial charge in [-0.3, -0.25) is 0 Å². The first-order chi connectivity index (χ1) is 11.8. The summed E-state index contributed by atoms with van der Waals surface area (Å²) < 4.78 is 13.9. The number of benzene rings is 1. The SMILES string of the molecule is CN1CCSC1=CC=[N+]1CCC(Oc2ccc(C3CO3)cc2)CC1. The second-order valence-electron chi connectivity index (χ2n) is 6.67. The van der Waals surface area contributed by atoms with Gasteiger partial charge < -0.3 is 14.4 Å². The molecule has 0 amide bonds. The molecule has 0 bridgehead atoms. The standard InChI is InChI=1S/C19H25N2O2S/c1-20-12-13-24-19(20)8-11-21-9-6-17(7-10-21)23-16-4-2-15(3-5-16)18-14-22-18/h2-5,8,11,17-18H,6-7,9-10,12-14H2,1H3/q+1. The molecular weight excluding hydrogens is 320 g/mol. The lowest BCUT2D eigenvalue weighted by Gasteiger charge is -2.22. The molecule has 3 saturated heterocycles. The molecule has 1 aromatic rings. The van der Waals surface area contributed by atoms with E-state index in [9.17, 15) is 0 Å². The Bertz CT molecular complexity index is 627. The van der Waals surface area contributed by atoms with Crippen molar-refractivity contribution >= 4 is 18.0 Å². The molecule has 3 fully saturated rings. The van der Waals surface area contributed by atoms with E-state index in [0.717, 1.165) is 44.8 Å². The highest BCUT2D eigenvalue weighted by Gasteiger charge is 2.25. The summed E-state index contributed by atoms with van der Waals surface area (Å²) in [5.74, 6) is 2.19. The summed E-state index contributed by atoms with van der Waals surface area (Å²) in [7, 11) is 2.17. The smallest absolute Gasteiger partial charge is 0.165 e. The van der Waals surface area contributed by atoms with Crippen LogP contribution >= 0.6 is 11.8 Å². The van der Waals surface area contributed by atoms with E-state index in [1.54, 1.807) is 0 Å². The third-order valence-corrected chi connectivity index (χ3v) is 5.98. The van der Waals surface area contributed by atoms with Gasteiger partial charge in [0.2, 0.25) is 0 Å². The van der Waals surface area contributed by atoms with Gasteiger partial charge >= 0.3 is 0 Å². The molecule has 0 saturated carbocycles. The Labute approximate surface area is 148 Å². The van der Waals surface area contributed by atoms with Gasteiger partial charge in [-0.1, -0.05) is 12.1 Å². The Balaban J connectivity index is 1.28. The lowest BCUT2D eigenvalue weighted by molar-refractivity contribution is -0.536. The Hall–Kier alpha value is -1.46. The summed E-state index contributed by atoms with van der Waals surface area (Å²) in [6.07, 6.45) is 7.33. The quantitative estimate of drug-likeness (QED) is 0.620. The molecule has 1 unspecified atom stereocenters. The molecular formula is C19H25N2O2S+.